The molecular formula is C10H12N2O2. The number of aryl methyl sites for hydroxylation is 2. The number of pyridine rings is 1. The maximum absolute atomic E-state index is 10.8. The van der Waals surface area contributed by atoms with Gasteiger partial charge in [0.15, 0.2) is 0 Å². The third-order valence-electron chi connectivity index (χ3n) is 2.44. The molecule has 0 spiro atoms. The van der Waals surface area contributed by atoms with Crippen molar-refractivity contribution in [1.82, 2.24) is 4.98 Å². The standard InChI is InChI=1S/C10H12N2O2/c1-6-8(10(13)14)5-7-3-2-4-11-9(7)12-6/h5H,2-4H2,1H3,(H,11,12)(H,13,14). The normalized spacial score (nSPS) is 14.4. The van der Waals surface area contributed by atoms with Crippen LogP contribution in [0.4, 0.5) is 5.82 Å². The van der Waals surface area contributed by atoms with Crippen molar-refractivity contribution in [3.8, 4) is 0 Å². The number of carboxylic acids is 1. The van der Waals surface area contributed by atoms with Gasteiger partial charge in [0.2, 0.25) is 0 Å². The molecular weight excluding hydrogens is 180 g/mol. The van der Waals surface area contributed by atoms with E-state index in [4.69, 9.17) is 5.11 Å². The van der Waals surface area contributed by atoms with Crippen molar-refractivity contribution in [1.29, 1.82) is 0 Å². The summed E-state index contributed by atoms with van der Waals surface area (Å²) in [5.74, 6) is -0.0536. The number of aromatic carboxylic acids is 1. The largest absolute Gasteiger partial charge is 0.478 e. The zero-order valence-corrected chi connectivity index (χ0v) is 8.00. The number of hydrogen-bond acceptors (Lipinski definition) is 3. The minimum absolute atomic E-state index is 0.312. The molecule has 0 bridgehead atoms. The molecule has 0 atom stereocenters. The Morgan fingerprint density at radius 1 is 1.64 bits per heavy atom. The summed E-state index contributed by atoms with van der Waals surface area (Å²) in [6, 6.07) is 1.73. The fraction of sp³-hybridized carbons (Fsp3) is 0.400. The van der Waals surface area contributed by atoms with E-state index < -0.39 is 5.97 Å². The predicted molar refractivity (Wildman–Crippen MR) is 52.7 cm³/mol. The Balaban J connectivity index is 2.50. The number of rotatable bonds is 1. The number of anilines is 1. The molecule has 2 N–H and O–H groups in total. The average Bonchev–Trinajstić information content (AvgIpc) is 2.16. The number of hydrogen-bond donors (Lipinski definition) is 2. The van der Waals surface area contributed by atoms with Crippen molar-refractivity contribution < 1.29 is 9.90 Å². The third-order valence-corrected chi connectivity index (χ3v) is 2.44. The van der Waals surface area contributed by atoms with Gasteiger partial charge >= 0.3 is 5.97 Å². The van der Waals surface area contributed by atoms with E-state index in [9.17, 15) is 4.79 Å². The first-order valence-corrected chi connectivity index (χ1v) is 4.66. The van der Waals surface area contributed by atoms with E-state index in [2.05, 4.69) is 10.3 Å². The molecule has 0 aliphatic carbocycles. The van der Waals surface area contributed by atoms with Crippen LogP contribution >= 0.6 is 0 Å². The minimum atomic E-state index is -0.900. The van der Waals surface area contributed by atoms with Gasteiger partial charge in [-0.15, -0.1) is 0 Å². The molecule has 2 rings (SSSR count). The van der Waals surface area contributed by atoms with E-state index in [0.717, 1.165) is 30.8 Å². The lowest BCUT2D eigenvalue weighted by molar-refractivity contribution is 0.0695. The molecule has 0 unspecified atom stereocenters. The number of fused-ring (bicyclic) bond motifs is 1. The van der Waals surface area contributed by atoms with Gasteiger partial charge in [0.1, 0.15) is 5.82 Å². The molecule has 0 fully saturated rings. The van der Waals surface area contributed by atoms with Crippen LogP contribution < -0.4 is 5.32 Å². The number of aromatic nitrogens is 1. The molecule has 0 saturated heterocycles. The molecule has 1 aliphatic rings. The lowest BCUT2D eigenvalue weighted by Crippen LogP contribution is -2.15. The van der Waals surface area contributed by atoms with Crippen LogP contribution in [0.2, 0.25) is 0 Å². The van der Waals surface area contributed by atoms with Crippen molar-refractivity contribution in [3.63, 3.8) is 0 Å². The SMILES string of the molecule is Cc1nc2c(cc1C(=O)O)CCCN2. The Labute approximate surface area is 82.0 Å². The third kappa shape index (κ3) is 1.43. The average molecular weight is 192 g/mol. The zero-order valence-electron chi connectivity index (χ0n) is 8.00. The highest BCUT2D eigenvalue weighted by Gasteiger charge is 2.15. The van der Waals surface area contributed by atoms with Crippen LogP contribution in [0.5, 0.6) is 0 Å². The summed E-state index contributed by atoms with van der Waals surface area (Å²) in [5.41, 5.74) is 1.90. The topological polar surface area (TPSA) is 62.2 Å². The van der Waals surface area contributed by atoms with Crippen molar-refractivity contribution in [2.24, 2.45) is 0 Å². The molecule has 1 aromatic rings. The lowest BCUT2D eigenvalue weighted by Gasteiger charge is -2.17. The van der Waals surface area contributed by atoms with Gasteiger partial charge in [0, 0.05) is 6.54 Å². The van der Waals surface area contributed by atoms with Crippen LogP contribution in [-0.2, 0) is 6.42 Å². The summed E-state index contributed by atoms with van der Waals surface area (Å²) in [6.45, 7) is 2.64. The number of nitrogens with zero attached hydrogens (tertiary/aromatic N) is 1. The Bertz CT molecular complexity index is 388. The van der Waals surface area contributed by atoms with Crippen LogP contribution in [0.15, 0.2) is 6.07 Å². The molecule has 0 radical (unpaired) electrons. The predicted octanol–water partition coefficient (Wildman–Crippen LogP) is 1.45. The van der Waals surface area contributed by atoms with Crippen LogP contribution in [0.25, 0.3) is 0 Å². The van der Waals surface area contributed by atoms with Crippen molar-refractivity contribution in [3.05, 3.63) is 22.9 Å². The van der Waals surface area contributed by atoms with Crippen LogP contribution in [0.1, 0.15) is 28.0 Å². The molecule has 1 aliphatic heterocycles. The van der Waals surface area contributed by atoms with Gasteiger partial charge in [0.05, 0.1) is 11.3 Å². The van der Waals surface area contributed by atoms with Crippen molar-refractivity contribution >= 4 is 11.8 Å². The van der Waals surface area contributed by atoms with Gasteiger partial charge in [-0.1, -0.05) is 0 Å². The van der Waals surface area contributed by atoms with Crippen LogP contribution in [-0.4, -0.2) is 22.6 Å². The highest BCUT2D eigenvalue weighted by atomic mass is 16.4. The maximum Gasteiger partial charge on any atom is 0.337 e. The lowest BCUT2D eigenvalue weighted by atomic mass is 10.0. The highest BCUT2D eigenvalue weighted by molar-refractivity contribution is 5.89. The summed E-state index contributed by atoms with van der Waals surface area (Å²) >= 11 is 0. The maximum atomic E-state index is 10.8. The molecule has 74 valence electrons. The van der Waals surface area contributed by atoms with Crippen LogP contribution in [0.3, 0.4) is 0 Å². The van der Waals surface area contributed by atoms with Gasteiger partial charge in [0.25, 0.3) is 0 Å². The second-order valence-electron chi connectivity index (χ2n) is 3.46. The fourth-order valence-electron chi connectivity index (χ4n) is 1.69. The molecule has 4 nitrogen and oxygen atoms in total. The Hall–Kier alpha value is -1.58. The van der Waals surface area contributed by atoms with E-state index >= 15 is 0 Å². The molecule has 14 heavy (non-hydrogen) atoms. The van der Waals surface area contributed by atoms with Crippen molar-refractivity contribution in [2.45, 2.75) is 19.8 Å². The van der Waals surface area contributed by atoms with Gasteiger partial charge in [-0.3, -0.25) is 0 Å². The summed E-state index contributed by atoms with van der Waals surface area (Å²) in [6.07, 6.45) is 1.95. The van der Waals surface area contributed by atoms with Gasteiger partial charge in [-0.2, -0.15) is 0 Å². The smallest absolute Gasteiger partial charge is 0.337 e. The fourth-order valence-corrected chi connectivity index (χ4v) is 1.69. The minimum Gasteiger partial charge on any atom is -0.478 e. The van der Waals surface area contributed by atoms with Gasteiger partial charge in [-0.05, 0) is 31.4 Å². The van der Waals surface area contributed by atoms with Crippen LogP contribution in [0, 0.1) is 6.92 Å². The van der Waals surface area contributed by atoms with Gasteiger partial charge in [-0.25, -0.2) is 9.78 Å². The second-order valence-corrected chi connectivity index (χ2v) is 3.46. The monoisotopic (exact) mass is 192 g/mol. The van der Waals surface area contributed by atoms with E-state index in [-0.39, 0.29) is 0 Å². The van der Waals surface area contributed by atoms with Gasteiger partial charge < -0.3 is 10.4 Å². The Kier molecular flexibility index (Phi) is 2.11. The van der Waals surface area contributed by atoms with E-state index in [1.807, 2.05) is 0 Å². The Morgan fingerprint density at radius 3 is 3.14 bits per heavy atom. The number of carbonyl (C=O) groups is 1. The summed E-state index contributed by atoms with van der Waals surface area (Å²) < 4.78 is 0. The first-order chi connectivity index (χ1) is 6.68. The quantitative estimate of drug-likeness (QED) is 0.706. The van der Waals surface area contributed by atoms with E-state index in [1.54, 1.807) is 13.0 Å². The summed E-state index contributed by atoms with van der Waals surface area (Å²) in [7, 11) is 0. The summed E-state index contributed by atoms with van der Waals surface area (Å²) in [5, 5.41) is 12.1. The van der Waals surface area contributed by atoms with E-state index in [1.165, 1.54) is 0 Å². The first kappa shape index (κ1) is 8.99. The molecule has 4 heteroatoms. The Morgan fingerprint density at radius 2 is 2.43 bits per heavy atom. The second kappa shape index (κ2) is 3.29. The number of nitrogens with one attached hydrogen (secondary N) is 1. The number of carboxylic acid groups (broad SMARTS) is 1. The summed E-state index contributed by atoms with van der Waals surface area (Å²) in [4.78, 5) is 15.1. The first-order valence-electron chi connectivity index (χ1n) is 4.66. The molecule has 0 amide bonds. The molecule has 2 heterocycles. The molecule has 1 aromatic heterocycles. The molecule has 0 aromatic carbocycles. The highest BCUT2D eigenvalue weighted by Crippen LogP contribution is 2.22. The molecule has 0 saturated carbocycles. The van der Waals surface area contributed by atoms with E-state index in [0.29, 0.717) is 11.3 Å². The van der Waals surface area contributed by atoms with Crippen molar-refractivity contribution in [2.75, 3.05) is 11.9 Å². The zero-order chi connectivity index (χ0) is 10.1.